The van der Waals surface area contributed by atoms with Gasteiger partial charge in [0.15, 0.2) is 0 Å². The summed E-state index contributed by atoms with van der Waals surface area (Å²) in [7, 11) is 0. The SMILES string of the molecule is Fc1ccc(Cl)cc1NCc1cnoc1. The van der Waals surface area contributed by atoms with Gasteiger partial charge in [-0.2, -0.15) is 0 Å². The van der Waals surface area contributed by atoms with Gasteiger partial charge >= 0.3 is 0 Å². The summed E-state index contributed by atoms with van der Waals surface area (Å²) in [6, 6.07) is 4.35. The second-order valence-electron chi connectivity index (χ2n) is 3.01. The van der Waals surface area contributed by atoms with E-state index in [0.29, 0.717) is 17.3 Å². The summed E-state index contributed by atoms with van der Waals surface area (Å²) in [6.45, 7) is 0.445. The first-order chi connectivity index (χ1) is 7.25. The lowest BCUT2D eigenvalue weighted by molar-refractivity contribution is 0.419. The molecule has 3 nitrogen and oxygen atoms in total. The highest BCUT2D eigenvalue weighted by molar-refractivity contribution is 6.30. The number of hydrogen-bond acceptors (Lipinski definition) is 3. The molecule has 1 heterocycles. The molecule has 0 saturated heterocycles. The summed E-state index contributed by atoms with van der Waals surface area (Å²) < 4.78 is 17.9. The van der Waals surface area contributed by atoms with Crippen molar-refractivity contribution >= 4 is 17.3 Å². The average Bonchev–Trinajstić information content (AvgIpc) is 2.72. The fourth-order valence-electron chi connectivity index (χ4n) is 1.14. The van der Waals surface area contributed by atoms with Crippen molar-refractivity contribution in [3.63, 3.8) is 0 Å². The molecule has 0 fully saturated rings. The largest absolute Gasteiger partial charge is 0.378 e. The van der Waals surface area contributed by atoms with E-state index in [1.165, 1.54) is 24.5 Å². The molecule has 15 heavy (non-hydrogen) atoms. The minimum absolute atomic E-state index is 0.337. The first-order valence-corrected chi connectivity index (χ1v) is 4.70. The maximum Gasteiger partial charge on any atom is 0.146 e. The third-order valence-electron chi connectivity index (χ3n) is 1.89. The third kappa shape index (κ3) is 2.47. The number of nitrogens with zero attached hydrogens (tertiary/aromatic N) is 1. The lowest BCUT2D eigenvalue weighted by atomic mass is 10.3. The Morgan fingerprint density at radius 3 is 3.07 bits per heavy atom. The highest BCUT2D eigenvalue weighted by Crippen LogP contribution is 2.20. The van der Waals surface area contributed by atoms with E-state index in [-0.39, 0.29) is 5.82 Å². The van der Waals surface area contributed by atoms with Gasteiger partial charge in [-0.3, -0.25) is 0 Å². The van der Waals surface area contributed by atoms with Crippen molar-refractivity contribution < 1.29 is 8.91 Å². The lowest BCUT2D eigenvalue weighted by Gasteiger charge is -2.05. The summed E-state index contributed by atoms with van der Waals surface area (Å²) in [4.78, 5) is 0. The van der Waals surface area contributed by atoms with Gasteiger partial charge in [-0.05, 0) is 18.2 Å². The second-order valence-corrected chi connectivity index (χ2v) is 3.45. The van der Waals surface area contributed by atoms with Crippen LogP contribution in [0.5, 0.6) is 0 Å². The van der Waals surface area contributed by atoms with Crippen LogP contribution < -0.4 is 5.32 Å². The van der Waals surface area contributed by atoms with Crippen LogP contribution in [0.2, 0.25) is 5.02 Å². The highest BCUT2D eigenvalue weighted by atomic mass is 35.5. The predicted octanol–water partition coefficient (Wildman–Crippen LogP) is 3.08. The van der Waals surface area contributed by atoms with Gasteiger partial charge in [0.2, 0.25) is 0 Å². The van der Waals surface area contributed by atoms with Gasteiger partial charge in [0, 0.05) is 17.1 Å². The Bertz CT molecular complexity index is 445. The number of benzene rings is 1. The topological polar surface area (TPSA) is 38.1 Å². The van der Waals surface area contributed by atoms with Crippen LogP contribution in [0.15, 0.2) is 35.2 Å². The number of hydrogen-bond donors (Lipinski definition) is 1. The fraction of sp³-hybridized carbons (Fsp3) is 0.100. The minimum Gasteiger partial charge on any atom is -0.378 e. The van der Waals surface area contributed by atoms with Crippen molar-refractivity contribution in [1.29, 1.82) is 0 Å². The van der Waals surface area contributed by atoms with Crippen molar-refractivity contribution in [2.75, 3.05) is 5.32 Å². The maximum atomic E-state index is 13.2. The molecular weight excluding hydrogens is 219 g/mol. The quantitative estimate of drug-likeness (QED) is 0.874. The average molecular weight is 227 g/mol. The number of halogens is 2. The van der Waals surface area contributed by atoms with E-state index in [1.807, 2.05) is 0 Å². The van der Waals surface area contributed by atoms with Gasteiger partial charge in [-0.1, -0.05) is 16.8 Å². The molecule has 0 aliphatic rings. The molecule has 5 heteroatoms. The van der Waals surface area contributed by atoms with Crippen LogP contribution in [-0.4, -0.2) is 5.16 Å². The standard InChI is InChI=1S/C10H8ClFN2O/c11-8-1-2-9(12)10(3-8)13-4-7-5-14-15-6-7/h1-3,5-6,13H,4H2. The molecule has 0 saturated carbocycles. The Kier molecular flexibility index (Phi) is 2.87. The lowest BCUT2D eigenvalue weighted by Crippen LogP contribution is -2.00. The zero-order chi connectivity index (χ0) is 10.7. The molecule has 78 valence electrons. The van der Waals surface area contributed by atoms with Crippen LogP contribution in [0.25, 0.3) is 0 Å². The van der Waals surface area contributed by atoms with Crippen molar-refractivity contribution in [3.05, 3.63) is 47.1 Å². The van der Waals surface area contributed by atoms with Crippen molar-refractivity contribution in [2.45, 2.75) is 6.54 Å². The highest BCUT2D eigenvalue weighted by Gasteiger charge is 2.03. The van der Waals surface area contributed by atoms with Gasteiger partial charge in [-0.25, -0.2) is 4.39 Å². The monoisotopic (exact) mass is 226 g/mol. The Balaban J connectivity index is 2.07. The molecule has 2 rings (SSSR count). The molecule has 0 aliphatic carbocycles. The zero-order valence-electron chi connectivity index (χ0n) is 7.71. The van der Waals surface area contributed by atoms with Gasteiger partial charge in [-0.15, -0.1) is 0 Å². The van der Waals surface area contributed by atoms with Crippen molar-refractivity contribution in [2.24, 2.45) is 0 Å². The van der Waals surface area contributed by atoms with E-state index in [9.17, 15) is 4.39 Å². The number of aromatic nitrogens is 1. The molecule has 0 aliphatic heterocycles. The summed E-state index contributed by atoms with van der Waals surface area (Å²) in [5, 5.41) is 6.93. The Labute approximate surface area is 90.8 Å². The van der Waals surface area contributed by atoms with E-state index in [0.717, 1.165) is 5.56 Å². The van der Waals surface area contributed by atoms with Crippen LogP contribution >= 0.6 is 11.6 Å². The van der Waals surface area contributed by atoms with Crippen LogP contribution in [0, 0.1) is 5.82 Å². The third-order valence-corrected chi connectivity index (χ3v) is 2.13. The number of anilines is 1. The Morgan fingerprint density at radius 1 is 1.47 bits per heavy atom. The number of rotatable bonds is 3. The summed E-state index contributed by atoms with van der Waals surface area (Å²) in [5.41, 5.74) is 1.21. The molecular formula is C10H8ClFN2O. The van der Waals surface area contributed by atoms with E-state index in [1.54, 1.807) is 6.20 Å². The number of nitrogens with one attached hydrogen (secondary N) is 1. The summed E-state index contributed by atoms with van der Waals surface area (Å²) in [6.07, 6.45) is 3.06. The van der Waals surface area contributed by atoms with E-state index in [2.05, 4.69) is 15.0 Å². The Hall–Kier alpha value is -1.55. The molecule has 2 aromatic rings. The first-order valence-electron chi connectivity index (χ1n) is 4.33. The van der Waals surface area contributed by atoms with Crippen molar-refractivity contribution in [1.82, 2.24) is 5.16 Å². The van der Waals surface area contributed by atoms with Crippen LogP contribution in [0.4, 0.5) is 10.1 Å². The van der Waals surface area contributed by atoms with Gasteiger partial charge < -0.3 is 9.84 Å². The Morgan fingerprint density at radius 2 is 2.33 bits per heavy atom. The van der Waals surface area contributed by atoms with E-state index in [4.69, 9.17) is 11.6 Å². The van der Waals surface area contributed by atoms with Crippen LogP contribution in [0.3, 0.4) is 0 Å². The zero-order valence-corrected chi connectivity index (χ0v) is 8.46. The molecule has 0 atom stereocenters. The van der Waals surface area contributed by atoms with Gasteiger partial charge in [0.25, 0.3) is 0 Å². The molecule has 0 spiro atoms. The second kappa shape index (κ2) is 4.31. The fourth-order valence-corrected chi connectivity index (χ4v) is 1.32. The van der Waals surface area contributed by atoms with Gasteiger partial charge in [0.05, 0.1) is 11.9 Å². The van der Waals surface area contributed by atoms with E-state index >= 15 is 0 Å². The molecule has 0 bridgehead atoms. The maximum absolute atomic E-state index is 13.2. The van der Waals surface area contributed by atoms with E-state index < -0.39 is 0 Å². The first kappa shape index (κ1) is 9.98. The van der Waals surface area contributed by atoms with Crippen LogP contribution in [-0.2, 0) is 6.54 Å². The molecule has 1 N–H and O–H groups in total. The normalized spacial score (nSPS) is 10.3. The molecule has 1 aromatic heterocycles. The predicted molar refractivity (Wildman–Crippen MR) is 55.2 cm³/mol. The summed E-state index contributed by atoms with van der Waals surface area (Å²) in [5.74, 6) is -0.337. The molecule has 0 unspecified atom stereocenters. The minimum atomic E-state index is -0.337. The van der Waals surface area contributed by atoms with Crippen molar-refractivity contribution in [3.8, 4) is 0 Å². The molecule has 1 aromatic carbocycles. The van der Waals surface area contributed by atoms with Crippen LogP contribution in [0.1, 0.15) is 5.56 Å². The molecule has 0 amide bonds. The molecule has 0 radical (unpaired) electrons. The van der Waals surface area contributed by atoms with Gasteiger partial charge in [0.1, 0.15) is 12.1 Å². The smallest absolute Gasteiger partial charge is 0.146 e. The summed E-state index contributed by atoms with van der Waals surface area (Å²) >= 11 is 5.74.